The molecule has 0 radical (unpaired) electrons. The molecule has 0 atom stereocenters. The molecule has 0 aliphatic carbocycles. The summed E-state index contributed by atoms with van der Waals surface area (Å²) in [5.41, 5.74) is 1.23. The number of nitrogens with zero attached hydrogens (tertiary/aromatic N) is 5. The second kappa shape index (κ2) is 6.20. The van der Waals surface area contributed by atoms with Gasteiger partial charge in [-0.1, -0.05) is 13.0 Å². The van der Waals surface area contributed by atoms with Crippen molar-refractivity contribution in [3.05, 3.63) is 39.7 Å². The van der Waals surface area contributed by atoms with Crippen LogP contribution in [-0.4, -0.2) is 31.7 Å². The molecular weight excluding hydrogens is 260 g/mol. The van der Waals surface area contributed by atoms with Crippen molar-refractivity contribution in [1.82, 2.24) is 25.5 Å². The minimum atomic E-state index is -0.405. The summed E-state index contributed by atoms with van der Waals surface area (Å²) in [4.78, 5) is 10.6. The highest BCUT2D eigenvalue weighted by molar-refractivity contribution is 5.52. The molecule has 1 aromatic carbocycles. The van der Waals surface area contributed by atoms with Crippen LogP contribution in [0.3, 0.4) is 0 Å². The number of hydrogen-bond acceptors (Lipinski definition) is 6. The average Bonchev–Trinajstić information content (AvgIpc) is 2.87. The van der Waals surface area contributed by atoms with Crippen LogP contribution in [0.25, 0.3) is 5.69 Å². The molecule has 0 aliphatic rings. The number of benzene rings is 1. The van der Waals surface area contributed by atoms with Crippen molar-refractivity contribution in [2.75, 3.05) is 6.54 Å². The van der Waals surface area contributed by atoms with Crippen molar-refractivity contribution >= 4 is 5.69 Å². The monoisotopic (exact) mass is 276 g/mol. The maximum atomic E-state index is 11.0. The van der Waals surface area contributed by atoms with Gasteiger partial charge in [-0.2, -0.15) is 4.68 Å². The zero-order valence-electron chi connectivity index (χ0n) is 11.4. The standard InChI is InChI=1S/C12H16N6O2/c1-3-7-13-8-12-14-15-16-17(12)10-5-4-6-11(9(10)2)18(19)20/h4-6,13H,3,7-8H2,1-2H3. The van der Waals surface area contributed by atoms with Gasteiger partial charge in [-0.3, -0.25) is 10.1 Å². The fraction of sp³-hybridized carbons (Fsp3) is 0.417. The highest BCUT2D eigenvalue weighted by atomic mass is 16.6. The van der Waals surface area contributed by atoms with Crippen LogP contribution in [-0.2, 0) is 6.54 Å². The summed E-state index contributed by atoms with van der Waals surface area (Å²) in [5, 5.41) is 25.7. The Balaban J connectivity index is 2.35. The third-order valence-electron chi connectivity index (χ3n) is 2.95. The van der Waals surface area contributed by atoms with Crippen LogP contribution in [0, 0.1) is 17.0 Å². The lowest BCUT2D eigenvalue weighted by Crippen LogP contribution is -2.18. The van der Waals surface area contributed by atoms with E-state index in [2.05, 4.69) is 27.8 Å². The number of hydrogen-bond donors (Lipinski definition) is 1. The van der Waals surface area contributed by atoms with Gasteiger partial charge in [0.05, 0.1) is 22.7 Å². The van der Waals surface area contributed by atoms with Crippen molar-refractivity contribution in [3.63, 3.8) is 0 Å². The molecule has 8 nitrogen and oxygen atoms in total. The Morgan fingerprint density at radius 2 is 2.25 bits per heavy atom. The van der Waals surface area contributed by atoms with E-state index >= 15 is 0 Å². The molecule has 0 amide bonds. The number of nitro groups is 1. The molecule has 1 heterocycles. The lowest BCUT2D eigenvalue weighted by Gasteiger charge is -2.08. The SMILES string of the molecule is CCCNCc1nnnn1-c1cccc([N+](=O)[O-])c1C. The van der Waals surface area contributed by atoms with E-state index in [0.29, 0.717) is 23.6 Å². The van der Waals surface area contributed by atoms with Gasteiger partial charge in [0.15, 0.2) is 5.82 Å². The van der Waals surface area contributed by atoms with Gasteiger partial charge in [0, 0.05) is 6.07 Å². The summed E-state index contributed by atoms with van der Waals surface area (Å²) in [6, 6.07) is 4.87. The topological polar surface area (TPSA) is 98.8 Å². The molecule has 20 heavy (non-hydrogen) atoms. The summed E-state index contributed by atoms with van der Waals surface area (Å²) < 4.78 is 1.53. The minimum absolute atomic E-state index is 0.0606. The highest BCUT2D eigenvalue weighted by Gasteiger charge is 2.17. The van der Waals surface area contributed by atoms with Gasteiger partial charge < -0.3 is 5.32 Å². The second-order valence-corrected chi connectivity index (χ2v) is 4.36. The van der Waals surface area contributed by atoms with E-state index in [4.69, 9.17) is 0 Å². The Bertz CT molecular complexity index is 610. The van der Waals surface area contributed by atoms with Gasteiger partial charge in [-0.15, -0.1) is 5.10 Å². The normalized spacial score (nSPS) is 10.7. The zero-order valence-corrected chi connectivity index (χ0v) is 11.4. The third-order valence-corrected chi connectivity index (χ3v) is 2.95. The van der Waals surface area contributed by atoms with Gasteiger partial charge >= 0.3 is 0 Å². The molecular formula is C12H16N6O2. The quantitative estimate of drug-likeness (QED) is 0.486. The van der Waals surface area contributed by atoms with Gasteiger partial charge in [0.2, 0.25) is 0 Å². The Morgan fingerprint density at radius 1 is 1.45 bits per heavy atom. The van der Waals surface area contributed by atoms with Gasteiger partial charge in [-0.05, 0) is 36.4 Å². The third kappa shape index (κ3) is 2.80. The first-order valence-electron chi connectivity index (χ1n) is 6.37. The minimum Gasteiger partial charge on any atom is -0.310 e. The Morgan fingerprint density at radius 3 is 2.95 bits per heavy atom. The van der Waals surface area contributed by atoms with E-state index in [-0.39, 0.29) is 5.69 Å². The summed E-state index contributed by atoms with van der Waals surface area (Å²) in [7, 11) is 0. The smallest absolute Gasteiger partial charge is 0.274 e. The number of nitrogens with one attached hydrogen (secondary N) is 1. The fourth-order valence-electron chi connectivity index (χ4n) is 1.92. The molecule has 2 aromatic rings. The fourth-order valence-corrected chi connectivity index (χ4v) is 1.92. The van der Waals surface area contributed by atoms with Crippen molar-refractivity contribution in [2.45, 2.75) is 26.8 Å². The van der Waals surface area contributed by atoms with Crippen molar-refractivity contribution in [2.24, 2.45) is 0 Å². The number of tetrazole rings is 1. The summed E-state index contributed by atoms with van der Waals surface area (Å²) >= 11 is 0. The maximum Gasteiger partial charge on any atom is 0.274 e. The molecule has 1 N–H and O–H groups in total. The number of rotatable bonds is 6. The number of aromatic nitrogens is 4. The predicted octanol–water partition coefficient (Wildman–Crippen LogP) is 1.38. The van der Waals surface area contributed by atoms with E-state index < -0.39 is 4.92 Å². The van der Waals surface area contributed by atoms with E-state index in [1.54, 1.807) is 19.1 Å². The zero-order chi connectivity index (χ0) is 14.5. The Labute approximate surface area is 115 Å². The van der Waals surface area contributed by atoms with Crippen LogP contribution in [0.5, 0.6) is 0 Å². The Kier molecular flexibility index (Phi) is 4.36. The van der Waals surface area contributed by atoms with Crippen molar-refractivity contribution in [3.8, 4) is 5.69 Å². The molecule has 2 rings (SSSR count). The summed E-state index contributed by atoms with van der Waals surface area (Å²) in [6.45, 7) is 5.14. The van der Waals surface area contributed by atoms with Gasteiger partial charge in [0.25, 0.3) is 5.69 Å². The Hall–Kier alpha value is -2.35. The maximum absolute atomic E-state index is 11.0. The van der Waals surface area contributed by atoms with Crippen LogP contribution in [0.4, 0.5) is 5.69 Å². The summed E-state index contributed by atoms with van der Waals surface area (Å²) in [6.07, 6.45) is 1.01. The lowest BCUT2D eigenvalue weighted by molar-refractivity contribution is -0.385. The molecule has 0 saturated heterocycles. The first kappa shape index (κ1) is 14.1. The van der Waals surface area contributed by atoms with Crippen LogP contribution >= 0.6 is 0 Å². The van der Waals surface area contributed by atoms with Crippen LogP contribution in [0.2, 0.25) is 0 Å². The predicted molar refractivity (Wildman–Crippen MR) is 72.5 cm³/mol. The van der Waals surface area contributed by atoms with E-state index in [9.17, 15) is 10.1 Å². The molecule has 8 heteroatoms. The van der Waals surface area contributed by atoms with Crippen LogP contribution in [0.15, 0.2) is 18.2 Å². The van der Waals surface area contributed by atoms with Gasteiger partial charge in [0.1, 0.15) is 0 Å². The molecule has 1 aromatic heterocycles. The summed E-state index contributed by atoms with van der Waals surface area (Å²) in [5.74, 6) is 0.627. The average molecular weight is 276 g/mol. The highest BCUT2D eigenvalue weighted by Crippen LogP contribution is 2.23. The van der Waals surface area contributed by atoms with E-state index in [1.807, 2.05) is 0 Å². The van der Waals surface area contributed by atoms with Crippen LogP contribution in [0.1, 0.15) is 24.7 Å². The second-order valence-electron chi connectivity index (χ2n) is 4.36. The first-order chi connectivity index (χ1) is 9.65. The van der Waals surface area contributed by atoms with Crippen LogP contribution < -0.4 is 5.32 Å². The van der Waals surface area contributed by atoms with Gasteiger partial charge in [-0.25, -0.2) is 0 Å². The molecule has 0 unspecified atom stereocenters. The first-order valence-corrected chi connectivity index (χ1v) is 6.37. The molecule has 0 fully saturated rings. The lowest BCUT2D eigenvalue weighted by atomic mass is 10.1. The van der Waals surface area contributed by atoms with Crippen molar-refractivity contribution in [1.29, 1.82) is 0 Å². The molecule has 0 spiro atoms. The molecule has 0 aliphatic heterocycles. The number of nitro benzene ring substituents is 1. The van der Waals surface area contributed by atoms with E-state index in [0.717, 1.165) is 13.0 Å². The molecule has 0 saturated carbocycles. The molecule has 106 valence electrons. The molecule has 0 bridgehead atoms. The largest absolute Gasteiger partial charge is 0.310 e. The van der Waals surface area contributed by atoms with E-state index in [1.165, 1.54) is 10.7 Å². The van der Waals surface area contributed by atoms with Crippen molar-refractivity contribution < 1.29 is 4.92 Å².